The molecule has 1 unspecified atom stereocenters. The molecule has 0 spiro atoms. The van der Waals surface area contributed by atoms with Crippen LogP contribution in [0, 0.1) is 0 Å². The number of aryl methyl sites for hydroxylation is 1. The molecule has 0 amide bonds. The Balaban J connectivity index is 1.78. The van der Waals surface area contributed by atoms with Gasteiger partial charge in [-0.1, -0.05) is 37.3 Å². The first-order valence-corrected chi connectivity index (χ1v) is 8.26. The zero-order chi connectivity index (χ0) is 15.6. The van der Waals surface area contributed by atoms with Crippen molar-refractivity contribution in [3.8, 4) is 11.3 Å². The summed E-state index contributed by atoms with van der Waals surface area (Å²) in [6, 6.07) is 14.9. The average Bonchev–Trinajstić information content (AvgIpc) is 3.24. The van der Waals surface area contributed by atoms with Gasteiger partial charge in [-0.3, -0.25) is 0 Å². The van der Waals surface area contributed by atoms with Crippen molar-refractivity contribution < 1.29 is 0 Å². The molecule has 3 aromatic rings. The highest BCUT2D eigenvalue weighted by Gasteiger charge is 2.17. The summed E-state index contributed by atoms with van der Waals surface area (Å²) in [5.74, 6) is 1.03. The number of nitrogens with zero attached hydrogens (tertiary/aromatic N) is 3. The number of nitrogens with one attached hydrogen (secondary N) is 2. The van der Waals surface area contributed by atoms with Crippen molar-refractivity contribution in [1.82, 2.24) is 19.9 Å². The molecule has 5 nitrogen and oxygen atoms in total. The molecule has 1 saturated heterocycles. The minimum atomic E-state index is 0.453. The minimum absolute atomic E-state index is 0.453. The number of anilines is 1. The Labute approximate surface area is 135 Å². The summed E-state index contributed by atoms with van der Waals surface area (Å²) in [6.45, 7) is 4.20. The van der Waals surface area contributed by atoms with E-state index in [0.717, 1.165) is 54.3 Å². The maximum atomic E-state index is 4.77. The van der Waals surface area contributed by atoms with E-state index < -0.39 is 0 Å². The number of hydrogen-bond donors (Lipinski definition) is 2. The van der Waals surface area contributed by atoms with Crippen LogP contribution in [0.1, 0.15) is 19.0 Å². The van der Waals surface area contributed by atoms with E-state index in [1.165, 1.54) is 0 Å². The third-order valence-electron chi connectivity index (χ3n) is 4.32. The van der Waals surface area contributed by atoms with Crippen LogP contribution in [0.3, 0.4) is 0 Å². The third kappa shape index (κ3) is 2.80. The Kier molecular flexibility index (Phi) is 3.71. The van der Waals surface area contributed by atoms with Gasteiger partial charge in [-0.25, -0.2) is 4.98 Å². The number of fused-ring (bicyclic) bond motifs is 1. The Morgan fingerprint density at radius 2 is 2.13 bits per heavy atom. The van der Waals surface area contributed by atoms with Crippen LogP contribution in [-0.4, -0.2) is 33.7 Å². The van der Waals surface area contributed by atoms with Gasteiger partial charge in [0.2, 0.25) is 0 Å². The van der Waals surface area contributed by atoms with Gasteiger partial charge in [0, 0.05) is 36.0 Å². The SMILES string of the molecule is CCc1cc(NC2CCNC2)n2nc(-c3ccccc3)cc2n1. The Morgan fingerprint density at radius 3 is 2.87 bits per heavy atom. The van der Waals surface area contributed by atoms with E-state index in [-0.39, 0.29) is 0 Å². The van der Waals surface area contributed by atoms with Gasteiger partial charge < -0.3 is 10.6 Å². The maximum Gasteiger partial charge on any atom is 0.158 e. The van der Waals surface area contributed by atoms with Crippen LogP contribution in [0.25, 0.3) is 16.9 Å². The van der Waals surface area contributed by atoms with Crippen molar-refractivity contribution in [3.05, 3.63) is 48.2 Å². The lowest BCUT2D eigenvalue weighted by atomic mass is 10.2. The third-order valence-corrected chi connectivity index (χ3v) is 4.32. The summed E-state index contributed by atoms with van der Waals surface area (Å²) < 4.78 is 1.93. The number of hydrogen-bond acceptors (Lipinski definition) is 4. The van der Waals surface area contributed by atoms with E-state index in [1.807, 2.05) is 22.7 Å². The van der Waals surface area contributed by atoms with Crippen LogP contribution in [0.5, 0.6) is 0 Å². The highest BCUT2D eigenvalue weighted by Crippen LogP contribution is 2.22. The standard InChI is InChI=1S/C18H21N5/c1-2-14-10-17(21-15-8-9-19-12-15)23-18(20-14)11-16(22-23)13-6-4-3-5-7-13/h3-7,10-11,15,19,21H,2,8-9,12H2,1H3. The van der Waals surface area contributed by atoms with Crippen molar-refractivity contribution in [1.29, 1.82) is 0 Å². The fourth-order valence-corrected chi connectivity index (χ4v) is 3.05. The van der Waals surface area contributed by atoms with Gasteiger partial charge >= 0.3 is 0 Å². The molecule has 0 bridgehead atoms. The lowest BCUT2D eigenvalue weighted by Crippen LogP contribution is -2.23. The molecule has 0 radical (unpaired) electrons. The van der Waals surface area contributed by atoms with Gasteiger partial charge in [0.25, 0.3) is 0 Å². The summed E-state index contributed by atoms with van der Waals surface area (Å²) >= 11 is 0. The molecule has 1 atom stereocenters. The van der Waals surface area contributed by atoms with Crippen LogP contribution in [0.4, 0.5) is 5.82 Å². The zero-order valence-electron chi connectivity index (χ0n) is 13.3. The molecule has 1 aromatic carbocycles. The van der Waals surface area contributed by atoms with Crippen molar-refractivity contribution in [2.45, 2.75) is 25.8 Å². The second-order valence-corrected chi connectivity index (χ2v) is 5.99. The van der Waals surface area contributed by atoms with E-state index in [9.17, 15) is 0 Å². The van der Waals surface area contributed by atoms with Gasteiger partial charge in [0.15, 0.2) is 5.65 Å². The molecule has 2 N–H and O–H groups in total. The quantitative estimate of drug-likeness (QED) is 0.778. The number of rotatable bonds is 4. The first-order chi connectivity index (χ1) is 11.3. The van der Waals surface area contributed by atoms with Crippen LogP contribution < -0.4 is 10.6 Å². The predicted molar refractivity (Wildman–Crippen MR) is 92.7 cm³/mol. The monoisotopic (exact) mass is 307 g/mol. The van der Waals surface area contributed by atoms with E-state index in [4.69, 9.17) is 10.1 Å². The molecule has 5 heteroatoms. The summed E-state index contributed by atoms with van der Waals surface area (Å²) in [7, 11) is 0. The molecule has 4 rings (SSSR count). The normalized spacial score (nSPS) is 17.7. The van der Waals surface area contributed by atoms with Crippen LogP contribution in [0.2, 0.25) is 0 Å². The van der Waals surface area contributed by atoms with Crippen molar-refractivity contribution in [2.75, 3.05) is 18.4 Å². The largest absolute Gasteiger partial charge is 0.366 e. The summed E-state index contributed by atoms with van der Waals surface area (Å²) in [4.78, 5) is 4.72. The lowest BCUT2D eigenvalue weighted by Gasteiger charge is -2.14. The second-order valence-electron chi connectivity index (χ2n) is 5.99. The fourth-order valence-electron chi connectivity index (χ4n) is 3.05. The van der Waals surface area contributed by atoms with Gasteiger partial charge in [-0.05, 0) is 19.4 Å². The highest BCUT2D eigenvalue weighted by atomic mass is 15.3. The van der Waals surface area contributed by atoms with Crippen LogP contribution in [-0.2, 0) is 6.42 Å². The molecule has 3 heterocycles. The van der Waals surface area contributed by atoms with Gasteiger partial charge in [-0.15, -0.1) is 0 Å². The van der Waals surface area contributed by atoms with Gasteiger partial charge in [0.1, 0.15) is 5.82 Å². The van der Waals surface area contributed by atoms with Crippen molar-refractivity contribution in [2.24, 2.45) is 0 Å². The molecule has 1 aliphatic rings. The lowest BCUT2D eigenvalue weighted by molar-refractivity contribution is 0.773. The first-order valence-electron chi connectivity index (χ1n) is 8.26. The topological polar surface area (TPSA) is 54.2 Å². The molecular weight excluding hydrogens is 286 g/mol. The van der Waals surface area contributed by atoms with E-state index in [2.05, 4.69) is 41.8 Å². The van der Waals surface area contributed by atoms with Gasteiger partial charge in [-0.2, -0.15) is 9.61 Å². The molecule has 23 heavy (non-hydrogen) atoms. The molecule has 0 saturated carbocycles. The number of benzene rings is 1. The summed E-state index contributed by atoms with van der Waals surface area (Å²) in [5.41, 5.74) is 4.06. The predicted octanol–water partition coefficient (Wildman–Crippen LogP) is 2.73. The molecular formula is C18H21N5. The van der Waals surface area contributed by atoms with Crippen molar-refractivity contribution in [3.63, 3.8) is 0 Å². The molecule has 1 aliphatic heterocycles. The second kappa shape index (κ2) is 6.01. The Morgan fingerprint density at radius 1 is 1.26 bits per heavy atom. The summed E-state index contributed by atoms with van der Waals surface area (Å²) in [5, 5.41) is 11.8. The molecule has 118 valence electrons. The van der Waals surface area contributed by atoms with Crippen LogP contribution >= 0.6 is 0 Å². The fraction of sp³-hybridized carbons (Fsp3) is 0.333. The Hall–Kier alpha value is -2.40. The van der Waals surface area contributed by atoms with Gasteiger partial charge in [0.05, 0.1) is 5.69 Å². The van der Waals surface area contributed by atoms with E-state index in [0.29, 0.717) is 6.04 Å². The average molecular weight is 307 g/mol. The smallest absolute Gasteiger partial charge is 0.158 e. The number of aromatic nitrogens is 3. The zero-order valence-corrected chi connectivity index (χ0v) is 13.3. The molecule has 1 fully saturated rings. The summed E-state index contributed by atoms with van der Waals surface area (Å²) in [6.07, 6.45) is 2.05. The molecule has 2 aromatic heterocycles. The van der Waals surface area contributed by atoms with Crippen LogP contribution in [0.15, 0.2) is 42.5 Å². The van der Waals surface area contributed by atoms with E-state index in [1.54, 1.807) is 0 Å². The van der Waals surface area contributed by atoms with E-state index >= 15 is 0 Å². The van der Waals surface area contributed by atoms with Crippen molar-refractivity contribution >= 4 is 11.5 Å². The first kappa shape index (κ1) is 14.2. The minimum Gasteiger partial charge on any atom is -0.366 e. The highest BCUT2D eigenvalue weighted by molar-refractivity contribution is 5.65. The maximum absolute atomic E-state index is 4.77. The Bertz CT molecular complexity index is 803. The molecule has 0 aliphatic carbocycles.